The lowest BCUT2D eigenvalue weighted by molar-refractivity contribution is -0.128. The van der Waals surface area contributed by atoms with E-state index in [4.69, 9.17) is 17.0 Å². The van der Waals surface area contributed by atoms with Crippen molar-refractivity contribution in [3.05, 3.63) is 48.1 Å². The first-order valence-corrected chi connectivity index (χ1v) is 7.70. The number of rotatable bonds is 6. The van der Waals surface area contributed by atoms with E-state index in [2.05, 4.69) is 11.9 Å². The van der Waals surface area contributed by atoms with Gasteiger partial charge in [0.05, 0.1) is 6.61 Å². The van der Waals surface area contributed by atoms with Gasteiger partial charge in [-0.2, -0.15) is 0 Å². The summed E-state index contributed by atoms with van der Waals surface area (Å²) < 4.78 is 5.50. The van der Waals surface area contributed by atoms with Crippen LogP contribution in [-0.4, -0.2) is 35.0 Å². The van der Waals surface area contributed by atoms with Crippen molar-refractivity contribution in [3.8, 4) is 5.75 Å². The molecule has 1 heterocycles. The van der Waals surface area contributed by atoms with Gasteiger partial charge in [-0.15, -0.1) is 6.58 Å². The van der Waals surface area contributed by atoms with E-state index in [0.29, 0.717) is 6.61 Å². The zero-order valence-electron chi connectivity index (χ0n) is 12.9. The van der Waals surface area contributed by atoms with Crippen molar-refractivity contribution >= 4 is 35.2 Å². The molecule has 5 nitrogen and oxygen atoms in total. The predicted molar refractivity (Wildman–Crippen MR) is 92.9 cm³/mol. The van der Waals surface area contributed by atoms with Gasteiger partial charge in [0.2, 0.25) is 0 Å². The summed E-state index contributed by atoms with van der Waals surface area (Å²) in [6, 6.07) is 7.20. The molecule has 6 heteroatoms. The van der Waals surface area contributed by atoms with Crippen LogP contribution in [0.15, 0.2) is 42.5 Å². The van der Waals surface area contributed by atoms with Gasteiger partial charge in [-0.05, 0) is 42.4 Å². The second kappa shape index (κ2) is 7.69. The number of carbonyl (C=O) groups excluding carboxylic acids is 2. The highest BCUT2D eigenvalue weighted by Crippen LogP contribution is 2.17. The van der Waals surface area contributed by atoms with Crippen LogP contribution in [0.1, 0.15) is 18.9 Å². The molecule has 0 aliphatic carbocycles. The number of amides is 2. The lowest BCUT2D eigenvalue weighted by atomic mass is 10.1. The molecule has 0 bridgehead atoms. The summed E-state index contributed by atoms with van der Waals surface area (Å²) in [5.74, 6) is -0.167. The molecule has 1 aromatic rings. The van der Waals surface area contributed by atoms with Crippen molar-refractivity contribution in [2.24, 2.45) is 0 Å². The Balaban J connectivity index is 2.22. The minimum Gasteiger partial charge on any atom is -0.494 e. The molecule has 2 amide bonds. The normalized spacial score (nSPS) is 16.5. The summed E-state index contributed by atoms with van der Waals surface area (Å²) in [6.45, 7) is 6.52. The summed E-state index contributed by atoms with van der Waals surface area (Å²) >= 11 is 5.00. The Hall–Kier alpha value is -2.47. The van der Waals surface area contributed by atoms with Crippen molar-refractivity contribution in [1.29, 1.82) is 0 Å². The van der Waals surface area contributed by atoms with Crippen LogP contribution in [0.25, 0.3) is 6.08 Å². The average molecular weight is 330 g/mol. The number of hydrogen-bond donors (Lipinski definition) is 1. The standard InChI is InChI=1S/C17H18N2O3S/c1-3-9-19-16(21)14(15(20)18-17(19)23)11-12-5-7-13(8-6-12)22-10-4-2/h3,5-8,11H,1,4,9-10H2,2H3,(H,18,20,23). The van der Waals surface area contributed by atoms with Gasteiger partial charge in [0.15, 0.2) is 5.11 Å². The van der Waals surface area contributed by atoms with E-state index >= 15 is 0 Å². The van der Waals surface area contributed by atoms with E-state index in [0.717, 1.165) is 17.7 Å². The largest absolute Gasteiger partial charge is 0.494 e. The van der Waals surface area contributed by atoms with Crippen LogP contribution in [0.5, 0.6) is 5.75 Å². The zero-order chi connectivity index (χ0) is 16.8. The monoisotopic (exact) mass is 330 g/mol. The van der Waals surface area contributed by atoms with E-state index in [1.807, 2.05) is 6.92 Å². The number of benzene rings is 1. The molecular weight excluding hydrogens is 312 g/mol. The Kier molecular flexibility index (Phi) is 5.65. The maximum atomic E-state index is 12.4. The van der Waals surface area contributed by atoms with Gasteiger partial charge in [-0.1, -0.05) is 25.1 Å². The maximum Gasteiger partial charge on any atom is 0.265 e. The van der Waals surface area contributed by atoms with E-state index < -0.39 is 11.8 Å². The maximum absolute atomic E-state index is 12.4. The van der Waals surface area contributed by atoms with E-state index in [1.165, 1.54) is 4.90 Å². The summed E-state index contributed by atoms with van der Waals surface area (Å²) in [5.41, 5.74) is 0.779. The zero-order valence-corrected chi connectivity index (χ0v) is 13.7. The molecule has 0 atom stereocenters. The van der Waals surface area contributed by atoms with Crippen LogP contribution in [-0.2, 0) is 9.59 Å². The predicted octanol–water partition coefficient (Wildman–Crippen LogP) is 2.29. The SMILES string of the molecule is C=CCN1C(=O)C(=Cc2ccc(OCCC)cc2)C(=O)NC1=S. The molecule has 1 aliphatic rings. The Labute approximate surface area is 140 Å². The molecule has 2 rings (SSSR count). The molecule has 1 saturated heterocycles. The first-order valence-electron chi connectivity index (χ1n) is 7.29. The van der Waals surface area contributed by atoms with Crippen molar-refractivity contribution in [2.75, 3.05) is 13.2 Å². The molecule has 1 aromatic carbocycles. The fourth-order valence-corrected chi connectivity index (χ4v) is 2.29. The van der Waals surface area contributed by atoms with Crippen LogP contribution in [0.2, 0.25) is 0 Å². The molecule has 1 N–H and O–H groups in total. The number of hydrogen-bond acceptors (Lipinski definition) is 4. The average Bonchev–Trinajstić information content (AvgIpc) is 2.54. The topological polar surface area (TPSA) is 58.6 Å². The summed E-state index contributed by atoms with van der Waals surface area (Å²) in [5, 5.41) is 2.61. The molecule has 0 saturated carbocycles. The minimum atomic E-state index is -0.494. The van der Waals surface area contributed by atoms with Gasteiger partial charge in [-0.25, -0.2) is 0 Å². The third-order valence-electron chi connectivity index (χ3n) is 3.16. The number of carbonyl (C=O) groups is 2. The van der Waals surface area contributed by atoms with Crippen LogP contribution >= 0.6 is 12.2 Å². The number of nitrogens with zero attached hydrogens (tertiary/aromatic N) is 1. The minimum absolute atomic E-state index is 0.0441. The number of nitrogens with one attached hydrogen (secondary N) is 1. The van der Waals surface area contributed by atoms with Gasteiger partial charge >= 0.3 is 0 Å². The molecule has 120 valence electrons. The van der Waals surface area contributed by atoms with Gasteiger partial charge in [0, 0.05) is 6.54 Å². The molecule has 0 aromatic heterocycles. The van der Waals surface area contributed by atoms with Crippen molar-refractivity contribution in [3.63, 3.8) is 0 Å². The second-order valence-electron chi connectivity index (χ2n) is 4.94. The Bertz CT molecular complexity index is 665. The van der Waals surface area contributed by atoms with E-state index in [-0.39, 0.29) is 17.2 Å². The fraction of sp³-hybridized carbons (Fsp3) is 0.235. The van der Waals surface area contributed by atoms with Crippen molar-refractivity contribution < 1.29 is 14.3 Å². The lowest BCUT2D eigenvalue weighted by Gasteiger charge is -2.27. The highest BCUT2D eigenvalue weighted by Gasteiger charge is 2.32. The van der Waals surface area contributed by atoms with Crippen LogP contribution < -0.4 is 10.1 Å². The second-order valence-corrected chi connectivity index (χ2v) is 5.33. The summed E-state index contributed by atoms with van der Waals surface area (Å²) in [6.07, 6.45) is 4.03. The number of ether oxygens (including phenoxy) is 1. The third kappa shape index (κ3) is 4.04. The molecule has 23 heavy (non-hydrogen) atoms. The van der Waals surface area contributed by atoms with Gasteiger partial charge in [0.1, 0.15) is 11.3 Å². The number of thiocarbonyl (C=S) groups is 1. The van der Waals surface area contributed by atoms with Gasteiger partial charge in [0.25, 0.3) is 11.8 Å². The third-order valence-corrected chi connectivity index (χ3v) is 3.48. The van der Waals surface area contributed by atoms with Crippen molar-refractivity contribution in [2.45, 2.75) is 13.3 Å². The highest BCUT2D eigenvalue weighted by molar-refractivity contribution is 7.80. The Morgan fingerprint density at radius 1 is 1.30 bits per heavy atom. The van der Waals surface area contributed by atoms with Gasteiger partial charge in [-0.3, -0.25) is 19.8 Å². The summed E-state index contributed by atoms with van der Waals surface area (Å²) in [7, 11) is 0. The van der Waals surface area contributed by atoms with Gasteiger partial charge < -0.3 is 4.74 Å². The molecule has 0 unspecified atom stereocenters. The molecular formula is C17H18N2O3S. The molecule has 0 spiro atoms. The Morgan fingerprint density at radius 3 is 2.61 bits per heavy atom. The smallest absolute Gasteiger partial charge is 0.265 e. The fourth-order valence-electron chi connectivity index (χ4n) is 2.04. The van der Waals surface area contributed by atoms with Crippen LogP contribution in [0, 0.1) is 0 Å². The molecule has 0 radical (unpaired) electrons. The Morgan fingerprint density at radius 2 is 2.00 bits per heavy atom. The summed E-state index contributed by atoms with van der Waals surface area (Å²) in [4.78, 5) is 25.7. The quantitative estimate of drug-likeness (QED) is 0.376. The van der Waals surface area contributed by atoms with E-state index in [9.17, 15) is 9.59 Å². The van der Waals surface area contributed by atoms with Crippen LogP contribution in [0.3, 0.4) is 0 Å². The lowest BCUT2D eigenvalue weighted by Crippen LogP contribution is -2.53. The molecule has 1 fully saturated rings. The van der Waals surface area contributed by atoms with E-state index in [1.54, 1.807) is 36.4 Å². The molecule has 1 aliphatic heterocycles. The van der Waals surface area contributed by atoms with Crippen LogP contribution in [0.4, 0.5) is 0 Å². The van der Waals surface area contributed by atoms with Crippen molar-refractivity contribution in [1.82, 2.24) is 10.2 Å². The first-order chi connectivity index (χ1) is 11.1. The highest BCUT2D eigenvalue weighted by atomic mass is 32.1. The first kappa shape index (κ1) is 16.9.